The minimum absolute atomic E-state index is 0.206. The molecule has 1 aliphatic rings. The van der Waals surface area contributed by atoms with Gasteiger partial charge in [0.05, 0.1) is 6.20 Å². The van der Waals surface area contributed by atoms with Crippen LogP contribution in [0, 0.1) is 0 Å². The van der Waals surface area contributed by atoms with Crippen molar-refractivity contribution >= 4 is 17.2 Å². The Hall–Kier alpha value is -2.87. The molecule has 4 rings (SSSR count). The van der Waals surface area contributed by atoms with Crippen LogP contribution in [0.5, 0.6) is 11.5 Å². The molecule has 0 fully saturated rings. The van der Waals surface area contributed by atoms with E-state index in [9.17, 15) is 4.79 Å². The Bertz CT molecular complexity index is 902. The smallest absolute Gasteiger partial charge is 0.271 e. The maximum Gasteiger partial charge on any atom is 0.271 e. The minimum Gasteiger partial charge on any atom is -0.454 e. The molecule has 3 aromatic rings. The lowest BCUT2D eigenvalue weighted by molar-refractivity contribution is 0.0946. The number of carbonyl (C=O) groups is 1. The molecule has 0 unspecified atom stereocenters. The fraction of sp³-hybridized carbons (Fsp3) is 0.188. The third-order valence-electron chi connectivity index (χ3n) is 3.57. The highest BCUT2D eigenvalue weighted by Gasteiger charge is 2.16. The third-order valence-corrected chi connectivity index (χ3v) is 4.46. The lowest BCUT2D eigenvalue weighted by atomic mass is 10.2. The van der Waals surface area contributed by atoms with Gasteiger partial charge in [0, 0.05) is 36.3 Å². The van der Waals surface area contributed by atoms with Crippen molar-refractivity contribution in [3.05, 3.63) is 47.2 Å². The van der Waals surface area contributed by atoms with Crippen molar-refractivity contribution in [2.75, 3.05) is 6.79 Å². The van der Waals surface area contributed by atoms with Gasteiger partial charge in [-0.3, -0.25) is 9.48 Å². The summed E-state index contributed by atoms with van der Waals surface area (Å²) in [6, 6.07) is 5.63. The summed E-state index contributed by atoms with van der Waals surface area (Å²) < 4.78 is 12.4. The highest BCUT2D eigenvalue weighted by Crippen LogP contribution is 2.36. The summed E-state index contributed by atoms with van der Waals surface area (Å²) in [6.45, 7) is 0.655. The molecule has 0 bridgehead atoms. The van der Waals surface area contributed by atoms with E-state index in [0.29, 0.717) is 18.0 Å². The van der Waals surface area contributed by atoms with Crippen LogP contribution in [0.15, 0.2) is 36.0 Å². The maximum absolute atomic E-state index is 12.2. The average Bonchev–Trinajstić information content (AvgIpc) is 3.32. The van der Waals surface area contributed by atoms with Gasteiger partial charge in [-0.1, -0.05) is 0 Å². The van der Waals surface area contributed by atoms with Crippen LogP contribution in [-0.4, -0.2) is 27.5 Å². The second-order valence-corrected chi connectivity index (χ2v) is 6.17. The maximum atomic E-state index is 12.2. The van der Waals surface area contributed by atoms with Crippen molar-refractivity contribution in [2.45, 2.75) is 6.54 Å². The SMILES string of the molecule is Cn1cc(CNC(=O)c2csc(-c3ccc4c(c3)OCO4)n2)cn1. The van der Waals surface area contributed by atoms with Crippen molar-refractivity contribution in [1.82, 2.24) is 20.1 Å². The van der Waals surface area contributed by atoms with Crippen molar-refractivity contribution in [2.24, 2.45) is 7.05 Å². The first-order chi connectivity index (χ1) is 11.7. The number of hydrogen-bond donors (Lipinski definition) is 1. The Kier molecular flexibility index (Phi) is 3.66. The molecule has 0 saturated heterocycles. The van der Waals surface area contributed by atoms with Gasteiger partial charge in [0.25, 0.3) is 5.91 Å². The number of thiazole rings is 1. The van der Waals surface area contributed by atoms with E-state index < -0.39 is 0 Å². The number of amides is 1. The summed E-state index contributed by atoms with van der Waals surface area (Å²) in [5.41, 5.74) is 2.24. The molecule has 0 spiro atoms. The number of nitrogens with zero attached hydrogens (tertiary/aromatic N) is 3. The monoisotopic (exact) mass is 342 g/mol. The van der Waals surface area contributed by atoms with E-state index in [4.69, 9.17) is 9.47 Å². The molecular formula is C16H14N4O3S. The number of rotatable bonds is 4. The normalized spacial score (nSPS) is 12.4. The van der Waals surface area contributed by atoms with E-state index in [2.05, 4.69) is 15.4 Å². The molecule has 0 saturated carbocycles. The number of fused-ring (bicyclic) bond motifs is 1. The van der Waals surface area contributed by atoms with Gasteiger partial charge in [0.15, 0.2) is 11.5 Å². The van der Waals surface area contributed by atoms with Crippen LogP contribution in [0.4, 0.5) is 0 Å². The van der Waals surface area contributed by atoms with Crippen LogP contribution in [-0.2, 0) is 13.6 Å². The largest absolute Gasteiger partial charge is 0.454 e. The predicted molar refractivity (Wildman–Crippen MR) is 88.1 cm³/mol. The second-order valence-electron chi connectivity index (χ2n) is 5.31. The summed E-state index contributed by atoms with van der Waals surface area (Å²) in [5, 5.41) is 9.42. The van der Waals surface area contributed by atoms with Crippen LogP contribution in [0.3, 0.4) is 0 Å². The van der Waals surface area contributed by atoms with Gasteiger partial charge in [0.1, 0.15) is 10.7 Å². The fourth-order valence-corrected chi connectivity index (χ4v) is 3.17. The quantitative estimate of drug-likeness (QED) is 0.786. The van der Waals surface area contributed by atoms with Crippen molar-refractivity contribution < 1.29 is 14.3 Å². The second kappa shape index (κ2) is 5.97. The molecule has 0 atom stereocenters. The van der Waals surface area contributed by atoms with Gasteiger partial charge >= 0.3 is 0 Å². The molecule has 1 N–H and O–H groups in total. The number of benzene rings is 1. The zero-order chi connectivity index (χ0) is 16.5. The van der Waals surface area contributed by atoms with Gasteiger partial charge in [-0.15, -0.1) is 11.3 Å². The molecule has 1 aliphatic heterocycles. The third kappa shape index (κ3) is 2.83. The topological polar surface area (TPSA) is 78.3 Å². The van der Waals surface area contributed by atoms with E-state index in [-0.39, 0.29) is 12.7 Å². The van der Waals surface area contributed by atoms with Gasteiger partial charge in [-0.05, 0) is 18.2 Å². The summed E-state index contributed by atoms with van der Waals surface area (Å²) >= 11 is 1.42. The van der Waals surface area contributed by atoms with Crippen LogP contribution >= 0.6 is 11.3 Å². The number of aryl methyl sites for hydroxylation is 1. The van der Waals surface area contributed by atoms with Gasteiger partial charge < -0.3 is 14.8 Å². The zero-order valence-electron chi connectivity index (χ0n) is 12.9. The highest BCUT2D eigenvalue weighted by molar-refractivity contribution is 7.13. The number of carbonyl (C=O) groups excluding carboxylic acids is 1. The summed E-state index contributed by atoms with van der Waals surface area (Å²) in [4.78, 5) is 16.6. The molecule has 3 heterocycles. The van der Waals surface area contributed by atoms with Crippen LogP contribution in [0.25, 0.3) is 10.6 Å². The molecule has 1 amide bonds. The van der Waals surface area contributed by atoms with E-state index in [1.54, 1.807) is 16.3 Å². The Balaban J connectivity index is 1.47. The Morgan fingerprint density at radius 2 is 2.25 bits per heavy atom. The Labute approximate surface area is 141 Å². The highest BCUT2D eigenvalue weighted by atomic mass is 32.1. The molecule has 7 nitrogen and oxygen atoms in total. The molecule has 8 heteroatoms. The van der Waals surface area contributed by atoms with E-state index in [1.165, 1.54) is 11.3 Å². The van der Waals surface area contributed by atoms with Crippen LogP contribution in [0.2, 0.25) is 0 Å². The summed E-state index contributed by atoms with van der Waals surface area (Å²) in [7, 11) is 1.84. The van der Waals surface area contributed by atoms with E-state index in [0.717, 1.165) is 21.9 Å². The van der Waals surface area contributed by atoms with E-state index >= 15 is 0 Å². The zero-order valence-corrected chi connectivity index (χ0v) is 13.7. The minimum atomic E-state index is -0.206. The Morgan fingerprint density at radius 1 is 1.38 bits per heavy atom. The number of ether oxygens (including phenoxy) is 2. The predicted octanol–water partition coefficient (Wildman–Crippen LogP) is 2.20. The molecule has 122 valence electrons. The lowest BCUT2D eigenvalue weighted by Gasteiger charge is -2.01. The molecule has 24 heavy (non-hydrogen) atoms. The molecular weight excluding hydrogens is 328 g/mol. The van der Waals surface area contributed by atoms with Crippen molar-refractivity contribution in [1.29, 1.82) is 0 Å². The molecule has 0 aliphatic carbocycles. The lowest BCUT2D eigenvalue weighted by Crippen LogP contribution is -2.22. The summed E-state index contributed by atoms with van der Waals surface area (Å²) in [6.07, 6.45) is 3.58. The first kappa shape index (κ1) is 14.7. The van der Waals surface area contributed by atoms with Gasteiger partial charge in [0.2, 0.25) is 6.79 Å². The standard InChI is InChI=1S/C16H14N4O3S/c1-20-7-10(6-18-20)5-17-15(21)12-8-24-16(19-12)11-2-3-13-14(4-11)23-9-22-13/h2-4,6-8H,5,9H2,1H3,(H,17,21). The number of aromatic nitrogens is 3. The first-order valence-electron chi connectivity index (χ1n) is 7.30. The summed E-state index contributed by atoms with van der Waals surface area (Å²) in [5.74, 6) is 1.22. The molecule has 2 aromatic heterocycles. The van der Waals surface area contributed by atoms with Gasteiger partial charge in [-0.25, -0.2) is 4.98 Å². The first-order valence-corrected chi connectivity index (χ1v) is 8.18. The Morgan fingerprint density at radius 3 is 3.08 bits per heavy atom. The average molecular weight is 342 g/mol. The van der Waals surface area contributed by atoms with Crippen LogP contribution in [0.1, 0.15) is 16.1 Å². The molecule has 1 aromatic carbocycles. The fourth-order valence-electron chi connectivity index (χ4n) is 2.38. The van der Waals surface area contributed by atoms with Crippen LogP contribution < -0.4 is 14.8 Å². The van der Waals surface area contributed by atoms with Gasteiger partial charge in [-0.2, -0.15) is 5.10 Å². The van der Waals surface area contributed by atoms with Crippen molar-refractivity contribution in [3.63, 3.8) is 0 Å². The number of hydrogen-bond acceptors (Lipinski definition) is 6. The van der Waals surface area contributed by atoms with E-state index in [1.807, 2.05) is 31.4 Å². The van der Waals surface area contributed by atoms with Crippen molar-refractivity contribution in [3.8, 4) is 22.1 Å². The molecule has 0 radical (unpaired) electrons. The number of nitrogens with one attached hydrogen (secondary N) is 1.